The van der Waals surface area contributed by atoms with Crippen LogP contribution in [0.5, 0.6) is 11.5 Å². The average molecular weight is 425 g/mol. The predicted octanol–water partition coefficient (Wildman–Crippen LogP) is 1.16. The first-order chi connectivity index (χ1) is 13.7. The van der Waals surface area contributed by atoms with Crippen molar-refractivity contribution in [3.05, 3.63) is 34.1 Å². The Morgan fingerprint density at radius 3 is 2.24 bits per heavy atom. The van der Waals surface area contributed by atoms with Gasteiger partial charge in [-0.1, -0.05) is 0 Å². The van der Waals surface area contributed by atoms with E-state index in [2.05, 4.69) is 4.98 Å². The monoisotopic (exact) mass is 425 g/mol. The topological polar surface area (TPSA) is 120 Å². The van der Waals surface area contributed by atoms with Crippen molar-refractivity contribution in [3.63, 3.8) is 0 Å². The molecule has 0 saturated carbocycles. The third kappa shape index (κ3) is 3.72. The number of nitro groups is 1. The fraction of sp³-hybridized carbons (Fsp3) is 0.471. The smallest absolute Gasteiger partial charge is 0.406 e. The highest BCUT2D eigenvalue weighted by Gasteiger charge is 2.34. The highest BCUT2D eigenvalue weighted by atomic mass is 32.2. The van der Waals surface area contributed by atoms with Gasteiger partial charge in [-0.15, -0.1) is 0 Å². The molecular weight excluding hydrogens is 402 g/mol. The van der Waals surface area contributed by atoms with Crippen molar-refractivity contribution >= 4 is 21.7 Å². The van der Waals surface area contributed by atoms with E-state index in [-0.39, 0.29) is 23.8 Å². The molecule has 2 aromatic rings. The lowest BCUT2D eigenvalue weighted by molar-refractivity contribution is -0.388. The summed E-state index contributed by atoms with van der Waals surface area (Å²) in [4.78, 5) is 16.4. The molecule has 158 valence electrons. The summed E-state index contributed by atoms with van der Waals surface area (Å²) in [6.45, 7) is 2.71. The molecule has 1 aromatic heterocycles. The number of nitrogens with zero attached hydrogens (tertiary/aromatic N) is 5. The number of imidazole rings is 1. The Bertz CT molecular complexity index is 1030. The van der Waals surface area contributed by atoms with E-state index in [1.165, 1.54) is 30.9 Å². The SMILES string of the molecule is COc1cc(C)c(S(=O)(=O)N2CCN(c3c([N+](=O)[O-])ncn3C)CC2)cc1OC. The number of aromatic nitrogens is 2. The first kappa shape index (κ1) is 20.9. The largest absolute Gasteiger partial charge is 0.493 e. The first-order valence-electron chi connectivity index (χ1n) is 8.84. The van der Waals surface area contributed by atoms with E-state index in [1.54, 1.807) is 29.5 Å². The summed E-state index contributed by atoms with van der Waals surface area (Å²) >= 11 is 0. The normalized spacial score (nSPS) is 15.4. The van der Waals surface area contributed by atoms with Crippen LogP contribution in [0.1, 0.15) is 5.56 Å². The third-order valence-electron chi connectivity index (χ3n) is 4.90. The zero-order valence-corrected chi connectivity index (χ0v) is 17.5. The minimum Gasteiger partial charge on any atom is -0.493 e. The van der Waals surface area contributed by atoms with Crippen molar-refractivity contribution in [1.82, 2.24) is 13.9 Å². The van der Waals surface area contributed by atoms with Gasteiger partial charge in [0.1, 0.15) is 0 Å². The second-order valence-corrected chi connectivity index (χ2v) is 8.53. The van der Waals surface area contributed by atoms with Crippen LogP contribution in [0, 0.1) is 17.0 Å². The van der Waals surface area contributed by atoms with E-state index in [1.807, 2.05) is 0 Å². The zero-order valence-electron chi connectivity index (χ0n) is 16.7. The summed E-state index contributed by atoms with van der Waals surface area (Å²) in [5, 5.41) is 11.2. The van der Waals surface area contributed by atoms with Gasteiger partial charge in [-0.3, -0.25) is 4.57 Å². The van der Waals surface area contributed by atoms with Gasteiger partial charge in [-0.2, -0.15) is 4.31 Å². The van der Waals surface area contributed by atoms with Crippen molar-refractivity contribution in [2.24, 2.45) is 7.05 Å². The number of rotatable bonds is 6. The number of methoxy groups -OCH3 is 2. The summed E-state index contributed by atoms with van der Waals surface area (Å²) in [7, 11) is 0.844. The average Bonchev–Trinajstić information content (AvgIpc) is 3.09. The summed E-state index contributed by atoms with van der Waals surface area (Å²) in [6, 6.07) is 3.09. The van der Waals surface area contributed by atoms with Gasteiger partial charge < -0.3 is 24.5 Å². The molecule has 0 unspecified atom stereocenters. The Labute approximate surface area is 168 Å². The van der Waals surface area contributed by atoms with Crippen LogP contribution in [-0.2, 0) is 17.1 Å². The summed E-state index contributed by atoms with van der Waals surface area (Å²) in [6.07, 6.45) is 1.38. The van der Waals surface area contributed by atoms with Crippen LogP contribution >= 0.6 is 0 Å². The quantitative estimate of drug-likeness (QED) is 0.500. The number of ether oxygens (including phenoxy) is 2. The lowest BCUT2D eigenvalue weighted by Crippen LogP contribution is -2.49. The van der Waals surface area contributed by atoms with E-state index in [0.29, 0.717) is 36.0 Å². The molecule has 0 radical (unpaired) electrons. The Hall–Kier alpha value is -2.86. The van der Waals surface area contributed by atoms with Crippen molar-refractivity contribution in [1.29, 1.82) is 0 Å². The van der Waals surface area contributed by atoms with E-state index in [0.717, 1.165) is 0 Å². The van der Waals surface area contributed by atoms with Gasteiger partial charge in [0.15, 0.2) is 11.5 Å². The second kappa shape index (κ2) is 7.87. The summed E-state index contributed by atoms with van der Waals surface area (Å²) in [5.41, 5.74) is 0.548. The Kier molecular flexibility index (Phi) is 5.66. The third-order valence-corrected chi connectivity index (χ3v) is 6.94. The minimum atomic E-state index is -3.76. The van der Waals surface area contributed by atoms with Crippen LogP contribution in [0.2, 0.25) is 0 Å². The van der Waals surface area contributed by atoms with E-state index < -0.39 is 14.9 Å². The standard InChI is InChI=1S/C17H23N5O6S/c1-12-9-13(27-3)14(28-4)10-15(12)29(25,26)21-7-5-20(6-8-21)17-16(22(23)24)18-11-19(17)2/h9-11H,5-8H2,1-4H3. The summed E-state index contributed by atoms with van der Waals surface area (Å²) in [5.74, 6) is 0.923. The molecule has 0 spiro atoms. The van der Waals surface area contributed by atoms with Gasteiger partial charge in [0, 0.05) is 39.3 Å². The molecule has 0 atom stereocenters. The van der Waals surface area contributed by atoms with Crippen molar-refractivity contribution in [2.45, 2.75) is 11.8 Å². The lowest BCUT2D eigenvalue weighted by atomic mass is 10.2. The number of benzene rings is 1. The maximum atomic E-state index is 13.2. The van der Waals surface area contributed by atoms with Crippen molar-refractivity contribution < 1.29 is 22.8 Å². The van der Waals surface area contributed by atoms with Gasteiger partial charge in [-0.25, -0.2) is 8.42 Å². The highest BCUT2D eigenvalue weighted by Crippen LogP contribution is 2.34. The van der Waals surface area contributed by atoms with E-state index in [9.17, 15) is 18.5 Å². The number of piperazine rings is 1. The molecule has 12 heteroatoms. The van der Waals surface area contributed by atoms with E-state index >= 15 is 0 Å². The molecule has 1 fully saturated rings. The van der Waals surface area contributed by atoms with Gasteiger partial charge in [0.2, 0.25) is 22.2 Å². The number of hydrogen-bond donors (Lipinski definition) is 0. The first-order valence-corrected chi connectivity index (χ1v) is 10.3. The van der Waals surface area contributed by atoms with Crippen LogP contribution in [0.4, 0.5) is 11.6 Å². The van der Waals surface area contributed by atoms with Crippen LogP contribution in [0.3, 0.4) is 0 Å². The maximum absolute atomic E-state index is 13.2. The molecule has 1 aliphatic heterocycles. The van der Waals surface area contributed by atoms with Crippen molar-refractivity contribution in [3.8, 4) is 11.5 Å². The molecule has 0 amide bonds. The molecule has 3 rings (SSSR count). The Balaban J connectivity index is 1.84. The Morgan fingerprint density at radius 1 is 1.10 bits per heavy atom. The van der Waals surface area contributed by atoms with Crippen LogP contribution in [-0.4, -0.2) is 67.6 Å². The highest BCUT2D eigenvalue weighted by molar-refractivity contribution is 7.89. The zero-order chi connectivity index (χ0) is 21.3. The lowest BCUT2D eigenvalue weighted by Gasteiger charge is -2.34. The molecule has 1 aromatic carbocycles. The Morgan fingerprint density at radius 2 is 1.69 bits per heavy atom. The maximum Gasteiger partial charge on any atom is 0.406 e. The predicted molar refractivity (Wildman–Crippen MR) is 105 cm³/mol. The molecular formula is C17H23N5O6S. The van der Waals surface area contributed by atoms with Crippen LogP contribution < -0.4 is 14.4 Å². The molecule has 0 N–H and O–H groups in total. The van der Waals surface area contributed by atoms with Crippen LogP contribution in [0.15, 0.2) is 23.4 Å². The fourth-order valence-electron chi connectivity index (χ4n) is 3.42. The van der Waals surface area contributed by atoms with Crippen LogP contribution in [0.25, 0.3) is 0 Å². The minimum absolute atomic E-state index is 0.148. The molecule has 1 saturated heterocycles. The second-order valence-electron chi connectivity index (χ2n) is 6.62. The van der Waals surface area contributed by atoms with Gasteiger partial charge in [-0.05, 0) is 28.5 Å². The molecule has 29 heavy (non-hydrogen) atoms. The number of sulfonamides is 1. The summed E-state index contributed by atoms with van der Waals surface area (Å²) < 4.78 is 39.8. The molecule has 0 bridgehead atoms. The van der Waals surface area contributed by atoms with E-state index in [4.69, 9.17) is 9.47 Å². The van der Waals surface area contributed by atoms with Gasteiger partial charge in [0.05, 0.1) is 19.1 Å². The number of anilines is 1. The van der Waals surface area contributed by atoms with Gasteiger partial charge >= 0.3 is 5.82 Å². The fourth-order valence-corrected chi connectivity index (χ4v) is 5.07. The van der Waals surface area contributed by atoms with Gasteiger partial charge in [0.25, 0.3) is 0 Å². The molecule has 11 nitrogen and oxygen atoms in total. The number of aryl methyl sites for hydroxylation is 2. The van der Waals surface area contributed by atoms with Crippen molar-refractivity contribution in [2.75, 3.05) is 45.3 Å². The molecule has 2 heterocycles. The molecule has 0 aliphatic carbocycles. The number of hydrogen-bond acceptors (Lipinski definition) is 8. The molecule has 1 aliphatic rings.